The summed E-state index contributed by atoms with van der Waals surface area (Å²) < 4.78 is 11.4. The van der Waals surface area contributed by atoms with Crippen LogP contribution < -0.4 is 10.1 Å². The standard InChI is InChI=1S/C17H26N2O2/c1-2-16(13-19-8-10-20-11-9-19)12-17(3-1)21-14-15-4-6-18-7-5-15/h1-3,12,15,18H,4-11,13-14H2. The van der Waals surface area contributed by atoms with E-state index in [2.05, 4.69) is 34.5 Å². The monoisotopic (exact) mass is 290 g/mol. The third-order valence-corrected chi connectivity index (χ3v) is 4.35. The summed E-state index contributed by atoms with van der Waals surface area (Å²) in [6, 6.07) is 8.56. The highest BCUT2D eigenvalue weighted by atomic mass is 16.5. The van der Waals surface area contributed by atoms with Gasteiger partial charge in [-0.05, 0) is 49.5 Å². The molecule has 2 aliphatic heterocycles. The van der Waals surface area contributed by atoms with Crippen LogP contribution in [-0.2, 0) is 11.3 Å². The van der Waals surface area contributed by atoms with Gasteiger partial charge in [0.25, 0.3) is 0 Å². The Morgan fingerprint density at radius 1 is 1.19 bits per heavy atom. The van der Waals surface area contributed by atoms with Crippen molar-refractivity contribution in [1.29, 1.82) is 0 Å². The van der Waals surface area contributed by atoms with Gasteiger partial charge in [0.1, 0.15) is 5.75 Å². The molecule has 1 aromatic rings. The van der Waals surface area contributed by atoms with Crippen LogP contribution in [0.15, 0.2) is 24.3 Å². The fraction of sp³-hybridized carbons (Fsp3) is 0.647. The van der Waals surface area contributed by atoms with Gasteiger partial charge in [0, 0.05) is 19.6 Å². The number of hydrogen-bond acceptors (Lipinski definition) is 4. The summed E-state index contributed by atoms with van der Waals surface area (Å²) in [5.41, 5.74) is 1.33. The molecule has 0 saturated carbocycles. The lowest BCUT2D eigenvalue weighted by Gasteiger charge is -2.26. The Kier molecular flexibility index (Phi) is 5.49. The van der Waals surface area contributed by atoms with Crippen LogP contribution in [0.4, 0.5) is 0 Å². The van der Waals surface area contributed by atoms with E-state index in [0.717, 1.165) is 58.3 Å². The molecule has 116 valence electrons. The average molecular weight is 290 g/mol. The Bertz CT molecular complexity index is 427. The van der Waals surface area contributed by atoms with Crippen LogP contribution in [-0.4, -0.2) is 50.9 Å². The highest BCUT2D eigenvalue weighted by molar-refractivity contribution is 5.28. The van der Waals surface area contributed by atoms with Crippen LogP contribution in [0.25, 0.3) is 0 Å². The molecule has 21 heavy (non-hydrogen) atoms. The highest BCUT2D eigenvalue weighted by Gasteiger charge is 2.14. The molecular weight excluding hydrogens is 264 g/mol. The second kappa shape index (κ2) is 7.78. The Morgan fingerprint density at radius 3 is 2.81 bits per heavy atom. The quantitative estimate of drug-likeness (QED) is 0.898. The molecule has 0 aliphatic carbocycles. The van der Waals surface area contributed by atoms with E-state index in [1.807, 2.05) is 0 Å². The number of piperidine rings is 1. The van der Waals surface area contributed by atoms with Gasteiger partial charge in [0.15, 0.2) is 0 Å². The zero-order valence-electron chi connectivity index (χ0n) is 12.7. The normalized spacial score (nSPS) is 21.3. The van der Waals surface area contributed by atoms with Gasteiger partial charge >= 0.3 is 0 Å². The minimum atomic E-state index is 0.703. The first kappa shape index (κ1) is 14.8. The van der Waals surface area contributed by atoms with E-state index in [4.69, 9.17) is 9.47 Å². The molecule has 3 rings (SSSR count). The summed E-state index contributed by atoms with van der Waals surface area (Å²) in [7, 11) is 0. The molecule has 2 fully saturated rings. The number of benzene rings is 1. The maximum absolute atomic E-state index is 6.00. The number of morpholine rings is 1. The van der Waals surface area contributed by atoms with Gasteiger partial charge in [-0.3, -0.25) is 4.90 Å². The SMILES string of the molecule is c1cc(CN2CCOCC2)cc(OCC2CCNCC2)c1. The summed E-state index contributed by atoms with van der Waals surface area (Å²) >= 11 is 0. The maximum Gasteiger partial charge on any atom is 0.119 e. The van der Waals surface area contributed by atoms with Gasteiger partial charge in [0.2, 0.25) is 0 Å². The fourth-order valence-corrected chi connectivity index (χ4v) is 3.01. The van der Waals surface area contributed by atoms with E-state index < -0.39 is 0 Å². The van der Waals surface area contributed by atoms with Crippen molar-refractivity contribution in [2.45, 2.75) is 19.4 Å². The molecule has 4 nitrogen and oxygen atoms in total. The van der Waals surface area contributed by atoms with E-state index in [-0.39, 0.29) is 0 Å². The molecule has 0 amide bonds. The molecule has 2 saturated heterocycles. The summed E-state index contributed by atoms with van der Waals surface area (Å²) in [4.78, 5) is 2.44. The van der Waals surface area contributed by atoms with Gasteiger partial charge in [0.05, 0.1) is 19.8 Å². The first-order valence-corrected chi connectivity index (χ1v) is 8.13. The molecule has 0 atom stereocenters. The zero-order valence-corrected chi connectivity index (χ0v) is 12.7. The van der Waals surface area contributed by atoms with Crippen LogP contribution in [0.5, 0.6) is 5.75 Å². The first-order chi connectivity index (χ1) is 10.4. The smallest absolute Gasteiger partial charge is 0.119 e. The second-order valence-electron chi connectivity index (χ2n) is 6.04. The number of nitrogens with zero attached hydrogens (tertiary/aromatic N) is 1. The van der Waals surface area contributed by atoms with Gasteiger partial charge in [-0.25, -0.2) is 0 Å². The average Bonchev–Trinajstić information content (AvgIpc) is 2.55. The van der Waals surface area contributed by atoms with Gasteiger partial charge in [-0.2, -0.15) is 0 Å². The van der Waals surface area contributed by atoms with Crippen molar-refractivity contribution in [2.75, 3.05) is 46.0 Å². The molecule has 0 aromatic heterocycles. The van der Waals surface area contributed by atoms with E-state index >= 15 is 0 Å². The Balaban J connectivity index is 1.50. The van der Waals surface area contributed by atoms with Gasteiger partial charge in [-0.15, -0.1) is 0 Å². The lowest BCUT2D eigenvalue weighted by Crippen LogP contribution is -2.35. The molecule has 4 heteroatoms. The van der Waals surface area contributed by atoms with Crippen molar-refractivity contribution in [2.24, 2.45) is 5.92 Å². The van der Waals surface area contributed by atoms with Crippen molar-refractivity contribution in [1.82, 2.24) is 10.2 Å². The van der Waals surface area contributed by atoms with Gasteiger partial charge in [-0.1, -0.05) is 12.1 Å². The molecule has 1 aromatic carbocycles. The predicted octanol–water partition coefficient (Wildman–Crippen LogP) is 1.90. The van der Waals surface area contributed by atoms with Crippen molar-refractivity contribution in [3.63, 3.8) is 0 Å². The molecule has 2 aliphatic rings. The van der Waals surface area contributed by atoms with Crippen molar-refractivity contribution >= 4 is 0 Å². The third kappa shape index (κ3) is 4.70. The minimum absolute atomic E-state index is 0.703. The van der Waals surface area contributed by atoms with Crippen LogP contribution in [0.1, 0.15) is 18.4 Å². The zero-order chi connectivity index (χ0) is 14.3. The lowest BCUT2D eigenvalue weighted by atomic mass is 9.99. The third-order valence-electron chi connectivity index (χ3n) is 4.35. The van der Waals surface area contributed by atoms with Crippen LogP contribution in [0, 0.1) is 5.92 Å². The molecular formula is C17H26N2O2. The Morgan fingerprint density at radius 2 is 2.00 bits per heavy atom. The second-order valence-corrected chi connectivity index (χ2v) is 6.04. The Labute approximate surface area is 127 Å². The number of hydrogen-bond donors (Lipinski definition) is 1. The van der Waals surface area contributed by atoms with Crippen molar-refractivity contribution in [3.05, 3.63) is 29.8 Å². The summed E-state index contributed by atoms with van der Waals surface area (Å²) in [6.07, 6.45) is 2.46. The lowest BCUT2D eigenvalue weighted by molar-refractivity contribution is 0.0341. The largest absolute Gasteiger partial charge is 0.493 e. The number of ether oxygens (including phenoxy) is 2. The highest BCUT2D eigenvalue weighted by Crippen LogP contribution is 2.18. The van der Waals surface area contributed by atoms with Crippen LogP contribution in [0.3, 0.4) is 0 Å². The molecule has 0 radical (unpaired) electrons. The van der Waals surface area contributed by atoms with E-state index in [1.54, 1.807) is 0 Å². The van der Waals surface area contributed by atoms with Crippen LogP contribution in [0.2, 0.25) is 0 Å². The summed E-state index contributed by atoms with van der Waals surface area (Å²) in [5, 5.41) is 3.40. The Hall–Kier alpha value is -1.10. The summed E-state index contributed by atoms with van der Waals surface area (Å²) in [5.74, 6) is 1.72. The van der Waals surface area contributed by atoms with Crippen molar-refractivity contribution < 1.29 is 9.47 Å². The fourth-order valence-electron chi connectivity index (χ4n) is 3.01. The predicted molar refractivity (Wildman–Crippen MR) is 83.6 cm³/mol. The van der Waals surface area contributed by atoms with Crippen LogP contribution >= 0.6 is 0 Å². The molecule has 0 bridgehead atoms. The van der Waals surface area contributed by atoms with E-state index in [9.17, 15) is 0 Å². The molecule has 1 N–H and O–H groups in total. The first-order valence-electron chi connectivity index (χ1n) is 8.13. The summed E-state index contributed by atoms with van der Waals surface area (Å²) in [6.45, 7) is 7.87. The van der Waals surface area contributed by atoms with E-state index in [0.29, 0.717) is 5.92 Å². The van der Waals surface area contributed by atoms with E-state index in [1.165, 1.54) is 18.4 Å². The topological polar surface area (TPSA) is 33.7 Å². The number of nitrogens with one attached hydrogen (secondary N) is 1. The maximum atomic E-state index is 6.00. The van der Waals surface area contributed by atoms with Crippen molar-refractivity contribution in [3.8, 4) is 5.75 Å². The molecule has 0 spiro atoms. The molecule has 0 unspecified atom stereocenters. The molecule has 2 heterocycles. The minimum Gasteiger partial charge on any atom is -0.493 e. The number of rotatable bonds is 5. The van der Waals surface area contributed by atoms with Gasteiger partial charge < -0.3 is 14.8 Å².